The minimum Gasteiger partial charge on any atom is -0.496 e. The summed E-state index contributed by atoms with van der Waals surface area (Å²) in [6, 6.07) is 9.98. The Balaban J connectivity index is 1.93. The smallest absolute Gasteiger partial charge is 0.244 e. The van der Waals surface area contributed by atoms with Gasteiger partial charge in [-0.15, -0.1) is 0 Å². The highest BCUT2D eigenvalue weighted by Gasteiger charge is 2.19. The summed E-state index contributed by atoms with van der Waals surface area (Å²) in [5, 5.41) is 3.88. The van der Waals surface area contributed by atoms with Gasteiger partial charge in [0, 0.05) is 47.9 Å². The number of ether oxygens (including phenoxy) is 3. The van der Waals surface area contributed by atoms with Crippen LogP contribution in [0.1, 0.15) is 38.3 Å². The van der Waals surface area contributed by atoms with Gasteiger partial charge in [-0.1, -0.05) is 12.1 Å². The van der Waals surface area contributed by atoms with E-state index in [9.17, 15) is 4.79 Å². The number of hydrogen-bond acceptors (Lipinski definition) is 5. The van der Waals surface area contributed by atoms with Crippen LogP contribution in [0.2, 0.25) is 0 Å². The fourth-order valence-corrected chi connectivity index (χ4v) is 3.85. The molecule has 0 atom stereocenters. The van der Waals surface area contributed by atoms with Crippen molar-refractivity contribution in [3.63, 3.8) is 0 Å². The molecule has 0 fully saturated rings. The first-order valence-corrected chi connectivity index (χ1v) is 11.4. The average molecular weight is 452 g/mol. The van der Waals surface area contributed by atoms with Crippen LogP contribution in [0.4, 0.5) is 0 Å². The van der Waals surface area contributed by atoms with Gasteiger partial charge in [-0.05, 0) is 63.5 Å². The molecule has 1 N–H and O–H groups in total. The summed E-state index contributed by atoms with van der Waals surface area (Å²) < 4.78 is 22.5. The second-order valence-electron chi connectivity index (χ2n) is 7.73. The van der Waals surface area contributed by atoms with Gasteiger partial charge in [0.1, 0.15) is 17.1 Å². The van der Waals surface area contributed by atoms with Gasteiger partial charge in [-0.25, -0.2) is 0 Å². The van der Waals surface area contributed by atoms with Crippen molar-refractivity contribution in [3.8, 4) is 22.6 Å². The summed E-state index contributed by atoms with van der Waals surface area (Å²) >= 11 is 0. The zero-order valence-corrected chi connectivity index (χ0v) is 20.1. The number of nitrogens with one attached hydrogen (secondary N) is 1. The van der Waals surface area contributed by atoms with Crippen molar-refractivity contribution in [1.29, 1.82) is 0 Å². The predicted molar refractivity (Wildman–Crippen MR) is 132 cm³/mol. The van der Waals surface area contributed by atoms with Crippen LogP contribution in [0.25, 0.3) is 27.7 Å². The van der Waals surface area contributed by atoms with Crippen LogP contribution in [0.5, 0.6) is 11.5 Å². The molecule has 0 saturated carbocycles. The summed E-state index contributed by atoms with van der Waals surface area (Å²) in [5.41, 5.74) is 5.35. The second-order valence-corrected chi connectivity index (χ2v) is 7.73. The lowest BCUT2D eigenvalue weighted by Gasteiger charge is -2.13. The number of aryl methyl sites for hydroxylation is 1. The summed E-state index contributed by atoms with van der Waals surface area (Å²) in [4.78, 5) is 12.4. The topological polar surface area (TPSA) is 69.9 Å². The summed E-state index contributed by atoms with van der Waals surface area (Å²) in [6.07, 6.45) is 4.16. The quantitative estimate of drug-likeness (QED) is 0.296. The predicted octanol–water partition coefficient (Wildman–Crippen LogP) is 5.76. The Morgan fingerprint density at radius 3 is 2.58 bits per heavy atom. The Hall–Kier alpha value is -3.25. The first kappa shape index (κ1) is 24.4. The molecule has 0 saturated heterocycles. The Kier molecular flexibility index (Phi) is 8.55. The number of methoxy groups -OCH3 is 1. The van der Waals surface area contributed by atoms with Crippen LogP contribution in [0.15, 0.2) is 47.1 Å². The van der Waals surface area contributed by atoms with E-state index in [0.717, 1.165) is 51.0 Å². The number of amides is 1. The van der Waals surface area contributed by atoms with E-state index < -0.39 is 0 Å². The molecule has 0 aliphatic rings. The minimum absolute atomic E-state index is 0.136. The van der Waals surface area contributed by atoms with Gasteiger partial charge in [0.15, 0.2) is 0 Å². The van der Waals surface area contributed by atoms with Crippen molar-refractivity contribution in [2.75, 3.05) is 33.5 Å². The van der Waals surface area contributed by atoms with E-state index in [0.29, 0.717) is 32.1 Å². The zero-order chi connectivity index (χ0) is 23.8. The number of rotatable bonds is 11. The number of furan rings is 1. The van der Waals surface area contributed by atoms with Gasteiger partial charge < -0.3 is 23.9 Å². The van der Waals surface area contributed by atoms with E-state index >= 15 is 0 Å². The van der Waals surface area contributed by atoms with Crippen molar-refractivity contribution in [3.05, 3.63) is 53.8 Å². The molecule has 1 amide bonds. The lowest BCUT2D eigenvalue weighted by Crippen LogP contribution is -2.23. The highest BCUT2D eigenvalue weighted by atomic mass is 16.5. The lowest BCUT2D eigenvalue weighted by atomic mass is 9.96. The monoisotopic (exact) mass is 451 g/mol. The number of carbonyl (C=O) groups is 1. The van der Waals surface area contributed by atoms with Crippen LogP contribution < -0.4 is 14.8 Å². The molecular weight excluding hydrogens is 418 g/mol. The molecule has 6 heteroatoms. The molecule has 0 spiro atoms. The highest BCUT2D eigenvalue weighted by molar-refractivity contribution is 6.01. The summed E-state index contributed by atoms with van der Waals surface area (Å²) in [7, 11) is 1.63. The van der Waals surface area contributed by atoms with Crippen molar-refractivity contribution in [2.24, 2.45) is 0 Å². The fraction of sp³-hybridized carbons (Fsp3) is 0.370. The molecule has 0 radical (unpaired) electrons. The van der Waals surface area contributed by atoms with Crippen LogP contribution in [-0.2, 0) is 9.53 Å². The minimum atomic E-state index is -0.136. The maximum Gasteiger partial charge on any atom is 0.244 e. The SMILES string of the molecule is CCOCCCNC(=O)/C=C(\C)c1cc2c(-c3ccc(OCC)cc3)coc2c(C)c1OC. The Bertz CT molecular complexity index is 1110. The van der Waals surface area contributed by atoms with Crippen LogP contribution in [-0.4, -0.2) is 39.4 Å². The molecule has 176 valence electrons. The van der Waals surface area contributed by atoms with Gasteiger partial charge in [0.25, 0.3) is 0 Å². The fourth-order valence-electron chi connectivity index (χ4n) is 3.85. The summed E-state index contributed by atoms with van der Waals surface area (Å²) in [6.45, 7) is 10.3. The van der Waals surface area contributed by atoms with E-state index in [1.54, 1.807) is 19.4 Å². The van der Waals surface area contributed by atoms with Gasteiger partial charge in [-0.2, -0.15) is 0 Å². The number of allylic oxidation sites excluding steroid dienone is 1. The third-order valence-electron chi connectivity index (χ3n) is 5.47. The first-order chi connectivity index (χ1) is 16.0. The molecule has 0 unspecified atom stereocenters. The van der Waals surface area contributed by atoms with Crippen LogP contribution in [0, 0.1) is 6.92 Å². The zero-order valence-electron chi connectivity index (χ0n) is 20.1. The van der Waals surface area contributed by atoms with Crippen molar-refractivity contribution < 1.29 is 23.4 Å². The maximum absolute atomic E-state index is 12.4. The molecule has 1 heterocycles. The summed E-state index contributed by atoms with van der Waals surface area (Å²) in [5.74, 6) is 1.40. The Labute approximate surface area is 195 Å². The first-order valence-electron chi connectivity index (χ1n) is 11.4. The van der Waals surface area contributed by atoms with E-state index in [-0.39, 0.29) is 5.91 Å². The van der Waals surface area contributed by atoms with Gasteiger partial charge in [0.05, 0.1) is 20.0 Å². The van der Waals surface area contributed by atoms with Crippen LogP contribution >= 0.6 is 0 Å². The normalized spacial score (nSPS) is 11.6. The van der Waals surface area contributed by atoms with Gasteiger partial charge >= 0.3 is 0 Å². The van der Waals surface area contributed by atoms with E-state index in [1.165, 1.54) is 0 Å². The highest BCUT2D eigenvalue weighted by Crippen LogP contribution is 2.40. The molecule has 3 rings (SSSR count). The number of hydrogen-bond donors (Lipinski definition) is 1. The number of benzene rings is 2. The standard InChI is InChI=1S/C27H33NO5/c1-6-31-14-8-13-28-25(29)15-18(3)22-16-23-24(17-33-27(23)19(4)26(22)30-5)20-9-11-21(12-10-20)32-7-2/h9-12,15-17H,6-8,13-14H2,1-5H3,(H,28,29)/b18-15+. The third kappa shape index (κ3) is 5.76. The number of carbonyl (C=O) groups excluding carboxylic acids is 1. The second kappa shape index (κ2) is 11.6. The molecule has 6 nitrogen and oxygen atoms in total. The largest absolute Gasteiger partial charge is 0.496 e. The molecule has 0 aliphatic heterocycles. The number of fused-ring (bicyclic) bond motifs is 1. The third-order valence-corrected chi connectivity index (χ3v) is 5.47. The van der Waals surface area contributed by atoms with E-state index in [2.05, 4.69) is 5.32 Å². The molecule has 0 aliphatic carbocycles. The molecular formula is C27H33NO5. The van der Waals surface area contributed by atoms with Gasteiger partial charge in [0.2, 0.25) is 5.91 Å². The average Bonchev–Trinajstić information content (AvgIpc) is 3.24. The molecule has 2 aromatic carbocycles. The van der Waals surface area contributed by atoms with Gasteiger partial charge in [-0.3, -0.25) is 4.79 Å². The maximum atomic E-state index is 12.4. The molecule has 0 bridgehead atoms. The Morgan fingerprint density at radius 2 is 1.91 bits per heavy atom. The molecule has 33 heavy (non-hydrogen) atoms. The molecule has 1 aromatic heterocycles. The lowest BCUT2D eigenvalue weighted by molar-refractivity contribution is -0.116. The van der Waals surface area contributed by atoms with Crippen molar-refractivity contribution in [2.45, 2.75) is 34.1 Å². The van der Waals surface area contributed by atoms with Crippen molar-refractivity contribution >= 4 is 22.4 Å². The molecule has 3 aromatic rings. The van der Waals surface area contributed by atoms with Crippen molar-refractivity contribution in [1.82, 2.24) is 5.32 Å². The van der Waals surface area contributed by atoms with E-state index in [4.69, 9.17) is 18.6 Å². The van der Waals surface area contributed by atoms with Crippen LogP contribution in [0.3, 0.4) is 0 Å². The Morgan fingerprint density at radius 1 is 1.15 bits per heavy atom. The van der Waals surface area contributed by atoms with E-state index in [1.807, 2.05) is 58.0 Å².